The van der Waals surface area contributed by atoms with Crippen LogP contribution in [0.5, 0.6) is 5.75 Å². The van der Waals surface area contributed by atoms with E-state index >= 15 is 0 Å². The molecule has 2 aromatic carbocycles. The number of hydrogen-bond donors (Lipinski definition) is 2. The Balaban J connectivity index is 0.00000341. The van der Waals surface area contributed by atoms with E-state index in [2.05, 4.69) is 32.7 Å². The lowest BCUT2D eigenvalue weighted by atomic mass is 10.2. The lowest BCUT2D eigenvalue weighted by Gasteiger charge is -2.36. The normalized spacial score (nSPS) is 13.9. The van der Waals surface area contributed by atoms with Gasteiger partial charge in [0, 0.05) is 45.5 Å². The standard InChI is InChI=1S/C23H31N5O2.HI/c1-24-23(25-13-8-18-30-21-11-6-3-7-12-21)26-19-22(29)28-16-14-27(15-17-28)20-9-4-2-5-10-20;/h2-7,9-12H,8,13-19H2,1H3,(H2,24,25,26);1H. The lowest BCUT2D eigenvalue weighted by Crippen LogP contribution is -2.52. The number of nitrogens with zero attached hydrogens (tertiary/aromatic N) is 3. The van der Waals surface area contributed by atoms with Crippen LogP contribution in [0.1, 0.15) is 6.42 Å². The average Bonchev–Trinajstić information content (AvgIpc) is 2.82. The van der Waals surface area contributed by atoms with E-state index in [-0.39, 0.29) is 36.4 Å². The summed E-state index contributed by atoms with van der Waals surface area (Å²) in [7, 11) is 1.71. The Morgan fingerprint density at radius 3 is 2.26 bits per heavy atom. The molecule has 0 aliphatic carbocycles. The molecule has 0 atom stereocenters. The smallest absolute Gasteiger partial charge is 0.242 e. The first-order valence-corrected chi connectivity index (χ1v) is 10.5. The molecule has 0 saturated carbocycles. The van der Waals surface area contributed by atoms with Gasteiger partial charge in [-0.2, -0.15) is 0 Å². The number of piperazine rings is 1. The van der Waals surface area contributed by atoms with Crippen LogP contribution in [0.25, 0.3) is 0 Å². The number of carbonyl (C=O) groups excluding carboxylic acids is 1. The first-order chi connectivity index (χ1) is 14.8. The first kappa shape index (κ1) is 24.8. The van der Waals surface area contributed by atoms with Gasteiger partial charge >= 0.3 is 0 Å². The number of hydrogen-bond acceptors (Lipinski definition) is 4. The van der Waals surface area contributed by atoms with Gasteiger partial charge in [-0.05, 0) is 30.7 Å². The average molecular weight is 537 g/mol. The fourth-order valence-electron chi connectivity index (χ4n) is 3.33. The van der Waals surface area contributed by atoms with Gasteiger partial charge in [0.25, 0.3) is 0 Å². The zero-order valence-corrected chi connectivity index (χ0v) is 20.3. The molecule has 1 heterocycles. The van der Waals surface area contributed by atoms with E-state index in [1.807, 2.05) is 53.4 Å². The van der Waals surface area contributed by atoms with Crippen molar-refractivity contribution in [2.24, 2.45) is 4.99 Å². The predicted octanol–water partition coefficient (Wildman–Crippen LogP) is 2.59. The highest BCUT2D eigenvalue weighted by Gasteiger charge is 2.21. The molecule has 1 saturated heterocycles. The molecule has 1 aliphatic heterocycles. The first-order valence-electron chi connectivity index (χ1n) is 10.5. The van der Waals surface area contributed by atoms with E-state index in [1.54, 1.807) is 7.05 Å². The fourth-order valence-corrected chi connectivity index (χ4v) is 3.33. The fraction of sp³-hybridized carbons (Fsp3) is 0.391. The summed E-state index contributed by atoms with van der Waals surface area (Å²) in [6, 6.07) is 20.1. The summed E-state index contributed by atoms with van der Waals surface area (Å²) >= 11 is 0. The lowest BCUT2D eigenvalue weighted by molar-refractivity contribution is -0.130. The topological polar surface area (TPSA) is 69.2 Å². The second-order valence-electron chi connectivity index (χ2n) is 7.07. The van der Waals surface area contributed by atoms with Crippen molar-refractivity contribution >= 4 is 41.5 Å². The van der Waals surface area contributed by atoms with Crippen molar-refractivity contribution < 1.29 is 9.53 Å². The number of guanidine groups is 1. The number of rotatable bonds is 8. The number of aliphatic imine (C=N–C) groups is 1. The predicted molar refractivity (Wildman–Crippen MR) is 137 cm³/mol. The van der Waals surface area contributed by atoms with Gasteiger partial charge in [0.1, 0.15) is 5.75 Å². The highest BCUT2D eigenvalue weighted by Crippen LogP contribution is 2.15. The summed E-state index contributed by atoms with van der Waals surface area (Å²) in [5.41, 5.74) is 1.21. The van der Waals surface area contributed by atoms with Crippen molar-refractivity contribution in [1.29, 1.82) is 0 Å². The summed E-state index contributed by atoms with van der Waals surface area (Å²) in [5.74, 6) is 1.60. The van der Waals surface area contributed by atoms with Crippen LogP contribution in [0, 0.1) is 0 Å². The molecule has 0 unspecified atom stereocenters. The summed E-state index contributed by atoms with van der Waals surface area (Å²) in [6.45, 7) is 4.76. The molecular weight excluding hydrogens is 505 g/mol. The number of anilines is 1. The molecule has 0 aromatic heterocycles. The molecule has 0 radical (unpaired) electrons. The van der Waals surface area contributed by atoms with Crippen molar-refractivity contribution in [1.82, 2.24) is 15.5 Å². The van der Waals surface area contributed by atoms with Gasteiger partial charge in [-0.1, -0.05) is 36.4 Å². The summed E-state index contributed by atoms with van der Waals surface area (Å²) in [4.78, 5) is 20.9. The number of carbonyl (C=O) groups is 1. The SMILES string of the molecule is CN=C(NCCCOc1ccccc1)NCC(=O)N1CCN(c2ccccc2)CC1.I. The monoisotopic (exact) mass is 537 g/mol. The molecule has 0 spiro atoms. The Morgan fingerprint density at radius 1 is 0.968 bits per heavy atom. The van der Waals surface area contributed by atoms with Crippen molar-refractivity contribution in [2.45, 2.75) is 6.42 Å². The van der Waals surface area contributed by atoms with Gasteiger partial charge in [0.15, 0.2) is 5.96 Å². The maximum Gasteiger partial charge on any atom is 0.242 e. The highest BCUT2D eigenvalue weighted by atomic mass is 127. The third-order valence-corrected chi connectivity index (χ3v) is 5.01. The summed E-state index contributed by atoms with van der Waals surface area (Å²) < 4.78 is 5.67. The number of nitrogens with one attached hydrogen (secondary N) is 2. The van der Waals surface area contributed by atoms with Gasteiger partial charge in [0.05, 0.1) is 13.2 Å². The third-order valence-electron chi connectivity index (χ3n) is 5.01. The minimum atomic E-state index is 0. The number of ether oxygens (including phenoxy) is 1. The van der Waals surface area contributed by atoms with Crippen molar-refractivity contribution in [3.63, 3.8) is 0 Å². The maximum atomic E-state index is 12.5. The zero-order valence-electron chi connectivity index (χ0n) is 18.0. The van der Waals surface area contributed by atoms with Crippen LogP contribution in [-0.2, 0) is 4.79 Å². The summed E-state index contributed by atoms with van der Waals surface area (Å²) in [5, 5.41) is 6.33. The van der Waals surface area contributed by atoms with Crippen LogP contribution in [0.4, 0.5) is 5.69 Å². The van der Waals surface area contributed by atoms with Gasteiger partial charge < -0.3 is 25.2 Å². The van der Waals surface area contributed by atoms with Crippen LogP contribution in [-0.4, -0.2) is 69.7 Å². The molecule has 3 rings (SSSR count). The zero-order chi connectivity index (χ0) is 21.0. The molecule has 2 N–H and O–H groups in total. The Labute approximate surface area is 201 Å². The minimum absolute atomic E-state index is 0. The van der Waals surface area contributed by atoms with E-state index in [0.29, 0.717) is 12.6 Å². The number of benzene rings is 2. The molecule has 7 nitrogen and oxygen atoms in total. The van der Waals surface area contributed by atoms with Crippen molar-refractivity contribution in [2.75, 3.05) is 57.8 Å². The second-order valence-corrected chi connectivity index (χ2v) is 7.07. The van der Waals surface area contributed by atoms with Crippen LogP contribution in [0.3, 0.4) is 0 Å². The van der Waals surface area contributed by atoms with E-state index in [9.17, 15) is 4.79 Å². The van der Waals surface area contributed by atoms with Gasteiger partial charge in [-0.25, -0.2) is 0 Å². The Hall–Kier alpha value is -2.49. The molecule has 2 aromatic rings. The van der Waals surface area contributed by atoms with Gasteiger partial charge in [-0.15, -0.1) is 24.0 Å². The Bertz CT molecular complexity index is 796. The van der Waals surface area contributed by atoms with E-state index in [1.165, 1.54) is 5.69 Å². The highest BCUT2D eigenvalue weighted by molar-refractivity contribution is 14.0. The molecule has 0 bridgehead atoms. The van der Waals surface area contributed by atoms with E-state index in [4.69, 9.17) is 4.74 Å². The molecule has 31 heavy (non-hydrogen) atoms. The number of amides is 1. The van der Waals surface area contributed by atoms with Crippen LogP contribution in [0.15, 0.2) is 65.7 Å². The maximum absolute atomic E-state index is 12.5. The second kappa shape index (κ2) is 13.7. The van der Waals surface area contributed by atoms with Gasteiger partial charge in [-0.3, -0.25) is 9.79 Å². The Kier molecular flexibility index (Phi) is 11.0. The molecule has 8 heteroatoms. The molecule has 168 valence electrons. The van der Waals surface area contributed by atoms with Crippen molar-refractivity contribution in [3.05, 3.63) is 60.7 Å². The van der Waals surface area contributed by atoms with Crippen LogP contribution >= 0.6 is 24.0 Å². The van der Waals surface area contributed by atoms with Crippen LogP contribution < -0.4 is 20.3 Å². The summed E-state index contributed by atoms with van der Waals surface area (Å²) in [6.07, 6.45) is 0.838. The van der Waals surface area contributed by atoms with Crippen LogP contribution in [0.2, 0.25) is 0 Å². The van der Waals surface area contributed by atoms with Gasteiger partial charge in [0.2, 0.25) is 5.91 Å². The molecule has 1 amide bonds. The third kappa shape index (κ3) is 8.28. The quantitative estimate of drug-likeness (QED) is 0.235. The Morgan fingerprint density at radius 2 is 1.61 bits per heavy atom. The largest absolute Gasteiger partial charge is 0.494 e. The number of halogens is 1. The molecular formula is C23H32IN5O2. The molecule has 1 aliphatic rings. The molecule has 1 fully saturated rings. The number of para-hydroxylation sites is 2. The van der Waals surface area contributed by atoms with Crippen molar-refractivity contribution in [3.8, 4) is 5.75 Å². The van der Waals surface area contributed by atoms with E-state index < -0.39 is 0 Å². The minimum Gasteiger partial charge on any atom is -0.494 e. The van der Waals surface area contributed by atoms with E-state index in [0.717, 1.165) is 44.9 Å².